The van der Waals surface area contributed by atoms with Crippen molar-refractivity contribution >= 4 is 35.9 Å². The minimum Gasteiger partial charge on any atom is -0.370 e. The molecule has 3 aliphatic rings. The summed E-state index contributed by atoms with van der Waals surface area (Å²) in [5.41, 5.74) is 6.25. The first kappa shape index (κ1) is 19.6. The molecule has 2 saturated heterocycles. The number of nitrogens with zero attached hydrogens (tertiary/aromatic N) is 6. The summed E-state index contributed by atoms with van der Waals surface area (Å²) in [7, 11) is 0. The molecule has 1 aromatic rings. The van der Waals surface area contributed by atoms with Crippen molar-refractivity contribution in [3.8, 4) is 0 Å². The minimum atomic E-state index is 0. The molecular weight excluding hydrogens is 441 g/mol. The van der Waals surface area contributed by atoms with E-state index in [0.29, 0.717) is 11.9 Å². The number of hydrogen-bond donors (Lipinski definition) is 1. The minimum absolute atomic E-state index is 0. The smallest absolute Gasteiger partial charge is 0.225 e. The molecule has 2 aliphatic heterocycles. The Morgan fingerprint density at radius 2 is 1.65 bits per heavy atom. The lowest BCUT2D eigenvalue weighted by Crippen LogP contribution is -2.51. The number of piperazine rings is 1. The number of guanidine groups is 1. The zero-order chi connectivity index (χ0) is 17.1. The maximum absolute atomic E-state index is 6.25. The van der Waals surface area contributed by atoms with Crippen LogP contribution in [0.1, 0.15) is 25.7 Å². The van der Waals surface area contributed by atoms with E-state index in [0.717, 1.165) is 44.7 Å². The fourth-order valence-corrected chi connectivity index (χ4v) is 3.85. The molecule has 0 atom stereocenters. The van der Waals surface area contributed by atoms with E-state index in [1.165, 1.54) is 38.8 Å². The lowest BCUT2D eigenvalue weighted by atomic mass is 9.97. The Balaban J connectivity index is 0.00000196. The molecule has 3 heterocycles. The van der Waals surface area contributed by atoms with Gasteiger partial charge in [-0.15, -0.1) is 24.0 Å². The normalized spacial score (nSPS) is 23.0. The molecule has 1 aliphatic carbocycles. The van der Waals surface area contributed by atoms with Gasteiger partial charge in [0, 0.05) is 51.2 Å². The molecule has 0 bridgehead atoms. The van der Waals surface area contributed by atoms with Crippen LogP contribution < -0.4 is 10.6 Å². The van der Waals surface area contributed by atoms with Gasteiger partial charge < -0.3 is 20.4 Å². The number of rotatable bonds is 4. The standard InChI is InChI=1S/C18H29N7.HI/c19-17(22-14-15-4-8-23(9-5-15)16-2-3-16)24-10-12-25(13-11-24)18-20-6-1-7-21-18;/h1,6-7,15-16H,2-5,8-14H2,(H2,19,22);1H. The number of anilines is 1. The highest BCUT2D eigenvalue weighted by Gasteiger charge is 2.31. The molecule has 0 aromatic carbocycles. The molecule has 3 fully saturated rings. The Bertz CT molecular complexity index is 576. The second kappa shape index (κ2) is 9.16. The van der Waals surface area contributed by atoms with E-state index in [1.807, 2.05) is 6.07 Å². The topological polar surface area (TPSA) is 73.9 Å². The molecule has 0 spiro atoms. The maximum Gasteiger partial charge on any atom is 0.225 e. The van der Waals surface area contributed by atoms with E-state index in [9.17, 15) is 0 Å². The quantitative estimate of drug-likeness (QED) is 0.407. The molecule has 0 unspecified atom stereocenters. The monoisotopic (exact) mass is 471 g/mol. The molecule has 0 radical (unpaired) electrons. The molecule has 1 aromatic heterocycles. The largest absolute Gasteiger partial charge is 0.370 e. The lowest BCUT2D eigenvalue weighted by Gasteiger charge is -2.35. The van der Waals surface area contributed by atoms with Gasteiger partial charge in [-0.2, -0.15) is 0 Å². The Morgan fingerprint density at radius 3 is 2.27 bits per heavy atom. The third-order valence-electron chi connectivity index (χ3n) is 5.66. The van der Waals surface area contributed by atoms with E-state index < -0.39 is 0 Å². The SMILES string of the molecule is I.NC(=NCC1CCN(C2CC2)CC1)N1CCN(c2ncccn2)CC1. The van der Waals surface area contributed by atoms with Crippen LogP contribution in [-0.4, -0.2) is 77.6 Å². The van der Waals surface area contributed by atoms with Gasteiger partial charge in [0.05, 0.1) is 0 Å². The second-order valence-electron chi connectivity index (χ2n) is 7.43. The predicted octanol–water partition coefficient (Wildman–Crippen LogP) is 1.41. The third kappa shape index (κ3) is 4.97. The molecule has 0 amide bonds. The summed E-state index contributed by atoms with van der Waals surface area (Å²) in [6, 6.07) is 2.75. The summed E-state index contributed by atoms with van der Waals surface area (Å²) in [4.78, 5) is 20.4. The second-order valence-corrected chi connectivity index (χ2v) is 7.43. The zero-order valence-corrected chi connectivity index (χ0v) is 17.7. The Labute approximate surface area is 173 Å². The highest BCUT2D eigenvalue weighted by molar-refractivity contribution is 14.0. The third-order valence-corrected chi connectivity index (χ3v) is 5.66. The van der Waals surface area contributed by atoms with Gasteiger partial charge in [-0.25, -0.2) is 9.97 Å². The van der Waals surface area contributed by atoms with Crippen LogP contribution in [0.15, 0.2) is 23.5 Å². The van der Waals surface area contributed by atoms with Gasteiger partial charge in [-0.1, -0.05) is 0 Å². The van der Waals surface area contributed by atoms with Crippen molar-refractivity contribution in [2.45, 2.75) is 31.7 Å². The number of halogens is 1. The fraction of sp³-hybridized carbons (Fsp3) is 0.722. The van der Waals surface area contributed by atoms with Crippen molar-refractivity contribution in [1.82, 2.24) is 19.8 Å². The van der Waals surface area contributed by atoms with Crippen LogP contribution >= 0.6 is 24.0 Å². The van der Waals surface area contributed by atoms with Crippen molar-refractivity contribution in [3.63, 3.8) is 0 Å². The molecular formula is C18H30IN7. The highest BCUT2D eigenvalue weighted by Crippen LogP contribution is 2.30. The first-order valence-electron chi connectivity index (χ1n) is 9.60. The van der Waals surface area contributed by atoms with Crippen LogP contribution in [-0.2, 0) is 0 Å². The lowest BCUT2D eigenvalue weighted by molar-refractivity contribution is 0.179. The number of likely N-dealkylation sites (tertiary alicyclic amines) is 1. The van der Waals surface area contributed by atoms with Gasteiger partial charge in [0.15, 0.2) is 5.96 Å². The zero-order valence-electron chi connectivity index (χ0n) is 15.3. The van der Waals surface area contributed by atoms with Crippen LogP contribution in [0.25, 0.3) is 0 Å². The molecule has 7 nitrogen and oxygen atoms in total. The van der Waals surface area contributed by atoms with Gasteiger partial charge in [-0.05, 0) is 50.8 Å². The summed E-state index contributed by atoms with van der Waals surface area (Å²) < 4.78 is 0. The van der Waals surface area contributed by atoms with Crippen molar-refractivity contribution < 1.29 is 0 Å². The van der Waals surface area contributed by atoms with E-state index in [4.69, 9.17) is 10.7 Å². The van der Waals surface area contributed by atoms with Crippen molar-refractivity contribution in [2.24, 2.45) is 16.6 Å². The van der Waals surface area contributed by atoms with Crippen LogP contribution in [0.3, 0.4) is 0 Å². The summed E-state index contributed by atoms with van der Waals surface area (Å²) in [6.45, 7) is 6.93. The molecule has 4 rings (SSSR count). The van der Waals surface area contributed by atoms with Gasteiger partial charge in [0.1, 0.15) is 0 Å². The van der Waals surface area contributed by atoms with E-state index in [2.05, 4.69) is 24.7 Å². The van der Waals surface area contributed by atoms with Gasteiger partial charge in [0.25, 0.3) is 0 Å². The molecule has 1 saturated carbocycles. The number of aromatic nitrogens is 2. The number of aliphatic imine (C=N–C) groups is 1. The number of piperidine rings is 1. The summed E-state index contributed by atoms with van der Waals surface area (Å²) in [5, 5.41) is 0. The fourth-order valence-electron chi connectivity index (χ4n) is 3.85. The number of nitrogens with two attached hydrogens (primary N) is 1. The van der Waals surface area contributed by atoms with E-state index in [1.54, 1.807) is 12.4 Å². The Hall–Kier alpha value is -1.16. The average Bonchev–Trinajstić information content (AvgIpc) is 3.53. The van der Waals surface area contributed by atoms with Crippen LogP contribution in [0.2, 0.25) is 0 Å². The van der Waals surface area contributed by atoms with Gasteiger partial charge >= 0.3 is 0 Å². The maximum atomic E-state index is 6.25. The molecule has 26 heavy (non-hydrogen) atoms. The van der Waals surface area contributed by atoms with Crippen molar-refractivity contribution in [2.75, 3.05) is 50.7 Å². The number of hydrogen-bond acceptors (Lipinski definition) is 5. The summed E-state index contributed by atoms with van der Waals surface area (Å²) >= 11 is 0. The Morgan fingerprint density at radius 1 is 1.00 bits per heavy atom. The van der Waals surface area contributed by atoms with Crippen molar-refractivity contribution in [3.05, 3.63) is 18.5 Å². The summed E-state index contributed by atoms with van der Waals surface area (Å²) in [6.07, 6.45) is 8.95. The van der Waals surface area contributed by atoms with Crippen LogP contribution in [0.4, 0.5) is 5.95 Å². The van der Waals surface area contributed by atoms with E-state index in [-0.39, 0.29) is 24.0 Å². The van der Waals surface area contributed by atoms with Crippen molar-refractivity contribution in [1.29, 1.82) is 0 Å². The summed E-state index contributed by atoms with van der Waals surface area (Å²) in [5.74, 6) is 2.21. The van der Waals surface area contributed by atoms with Gasteiger partial charge in [0.2, 0.25) is 5.95 Å². The molecule has 2 N–H and O–H groups in total. The molecule has 144 valence electrons. The predicted molar refractivity (Wildman–Crippen MR) is 115 cm³/mol. The van der Waals surface area contributed by atoms with E-state index >= 15 is 0 Å². The first-order chi connectivity index (χ1) is 12.3. The average molecular weight is 471 g/mol. The highest BCUT2D eigenvalue weighted by atomic mass is 127. The van der Waals surface area contributed by atoms with Gasteiger partial charge in [-0.3, -0.25) is 4.99 Å². The molecule has 8 heteroatoms. The van der Waals surface area contributed by atoms with Crippen LogP contribution in [0, 0.1) is 5.92 Å². The first-order valence-corrected chi connectivity index (χ1v) is 9.60. The Kier molecular flexibility index (Phi) is 6.91. The van der Waals surface area contributed by atoms with Crippen LogP contribution in [0.5, 0.6) is 0 Å².